The Morgan fingerprint density at radius 3 is 1.97 bits per heavy atom. The van der Waals surface area contributed by atoms with Crippen LogP contribution in [0.25, 0.3) is 21.7 Å². The molecule has 0 spiro atoms. The van der Waals surface area contributed by atoms with Crippen molar-refractivity contribution in [3.05, 3.63) is 116 Å². The van der Waals surface area contributed by atoms with Crippen LogP contribution in [0.15, 0.2) is 115 Å². The summed E-state index contributed by atoms with van der Waals surface area (Å²) in [6.07, 6.45) is 3.04. The topological polar surface area (TPSA) is 79.4 Å². The van der Waals surface area contributed by atoms with E-state index in [1.165, 1.54) is 52.1 Å². The van der Waals surface area contributed by atoms with E-state index in [0.717, 1.165) is 21.7 Å². The third-order valence-corrected chi connectivity index (χ3v) is 8.22. The molecule has 1 amide bonds. The SMILES string of the molecule is C=CCN(CC=C)S(=O)(=O)c1ccc(C(=O)Nc2nc(-c3ccccc3)c(-c3ccccc3)s2)cc1. The number of thiazole rings is 1. The molecule has 0 saturated carbocycles. The second-order valence-corrected chi connectivity index (χ2v) is 10.7. The number of rotatable bonds is 10. The summed E-state index contributed by atoms with van der Waals surface area (Å²) in [7, 11) is -3.74. The largest absolute Gasteiger partial charge is 0.298 e. The van der Waals surface area contributed by atoms with Crippen LogP contribution in [0.3, 0.4) is 0 Å². The highest BCUT2D eigenvalue weighted by atomic mass is 32.2. The molecule has 0 radical (unpaired) electrons. The van der Waals surface area contributed by atoms with Crippen LogP contribution < -0.4 is 5.32 Å². The average Bonchev–Trinajstić information content (AvgIpc) is 3.33. The van der Waals surface area contributed by atoms with E-state index in [2.05, 4.69) is 18.5 Å². The number of carbonyl (C=O) groups is 1. The number of nitrogens with one attached hydrogen (secondary N) is 1. The number of amides is 1. The second-order valence-electron chi connectivity index (χ2n) is 7.81. The lowest BCUT2D eigenvalue weighted by atomic mass is 10.1. The van der Waals surface area contributed by atoms with Crippen molar-refractivity contribution in [1.82, 2.24) is 9.29 Å². The van der Waals surface area contributed by atoms with Crippen molar-refractivity contribution in [2.45, 2.75) is 4.90 Å². The quantitative estimate of drug-likeness (QED) is 0.259. The summed E-state index contributed by atoms with van der Waals surface area (Å²) >= 11 is 1.39. The van der Waals surface area contributed by atoms with Gasteiger partial charge >= 0.3 is 0 Å². The monoisotopic (exact) mass is 515 g/mol. The van der Waals surface area contributed by atoms with Gasteiger partial charge in [0.15, 0.2) is 5.13 Å². The molecule has 0 bridgehead atoms. The maximum atomic E-state index is 13.0. The van der Waals surface area contributed by atoms with Crippen molar-refractivity contribution in [2.24, 2.45) is 0 Å². The predicted octanol–water partition coefficient (Wildman–Crippen LogP) is 6.09. The third kappa shape index (κ3) is 5.52. The fraction of sp³-hybridized carbons (Fsp3) is 0.0714. The Bertz CT molecular complexity index is 1400. The molecule has 0 saturated heterocycles. The summed E-state index contributed by atoms with van der Waals surface area (Å²) in [6.45, 7) is 7.55. The van der Waals surface area contributed by atoms with Crippen LogP contribution in [0.2, 0.25) is 0 Å². The minimum atomic E-state index is -3.74. The number of nitrogens with zero attached hydrogens (tertiary/aromatic N) is 2. The molecule has 0 atom stereocenters. The first-order valence-electron chi connectivity index (χ1n) is 11.2. The summed E-state index contributed by atoms with van der Waals surface area (Å²) in [5.74, 6) is -0.374. The first-order chi connectivity index (χ1) is 17.4. The second kappa shape index (κ2) is 11.3. The smallest absolute Gasteiger partial charge is 0.257 e. The minimum Gasteiger partial charge on any atom is -0.298 e. The van der Waals surface area contributed by atoms with E-state index in [-0.39, 0.29) is 23.9 Å². The van der Waals surface area contributed by atoms with Gasteiger partial charge < -0.3 is 0 Å². The molecule has 8 heteroatoms. The molecule has 0 aliphatic rings. The Labute approximate surface area is 215 Å². The Morgan fingerprint density at radius 2 is 1.42 bits per heavy atom. The highest BCUT2D eigenvalue weighted by Crippen LogP contribution is 2.39. The highest BCUT2D eigenvalue weighted by molar-refractivity contribution is 7.89. The van der Waals surface area contributed by atoms with Crippen LogP contribution in [-0.4, -0.2) is 36.7 Å². The van der Waals surface area contributed by atoms with Crippen molar-refractivity contribution < 1.29 is 13.2 Å². The molecule has 4 rings (SSSR count). The van der Waals surface area contributed by atoms with Crippen LogP contribution in [0, 0.1) is 0 Å². The van der Waals surface area contributed by atoms with E-state index in [9.17, 15) is 13.2 Å². The zero-order valence-electron chi connectivity index (χ0n) is 19.5. The molecule has 0 aliphatic carbocycles. The van der Waals surface area contributed by atoms with Crippen LogP contribution in [0.1, 0.15) is 10.4 Å². The summed E-state index contributed by atoms with van der Waals surface area (Å²) in [5.41, 5.74) is 3.07. The van der Waals surface area contributed by atoms with Gasteiger partial charge in [0.1, 0.15) is 0 Å². The molecule has 182 valence electrons. The van der Waals surface area contributed by atoms with E-state index in [1.807, 2.05) is 60.7 Å². The van der Waals surface area contributed by atoms with Gasteiger partial charge in [-0.25, -0.2) is 13.4 Å². The molecular weight excluding hydrogens is 490 g/mol. The fourth-order valence-electron chi connectivity index (χ4n) is 3.61. The first kappa shape index (κ1) is 25.2. The van der Waals surface area contributed by atoms with Crippen LogP contribution in [-0.2, 0) is 10.0 Å². The van der Waals surface area contributed by atoms with E-state index in [1.54, 1.807) is 0 Å². The Kier molecular flexibility index (Phi) is 7.90. The van der Waals surface area contributed by atoms with Crippen LogP contribution in [0.5, 0.6) is 0 Å². The third-order valence-electron chi connectivity index (χ3n) is 5.35. The normalized spacial score (nSPS) is 11.2. The van der Waals surface area contributed by atoms with E-state index >= 15 is 0 Å². The van der Waals surface area contributed by atoms with E-state index < -0.39 is 10.0 Å². The molecule has 1 N–H and O–H groups in total. The number of hydrogen-bond donors (Lipinski definition) is 1. The van der Waals surface area contributed by atoms with E-state index in [0.29, 0.717) is 10.7 Å². The Balaban J connectivity index is 1.59. The number of anilines is 1. The predicted molar refractivity (Wildman–Crippen MR) is 147 cm³/mol. The summed E-state index contributed by atoms with van der Waals surface area (Å²) < 4.78 is 27.1. The average molecular weight is 516 g/mol. The Morgan fingerprint density at radius 1 is 0.861 bits per heavy atom. The van der Waals surface area contributed by atoms with Gasteiger partial charge in [-0.2, -0.15) is 4.31 Å². The lowest BCUT2D eigenvalue weighted by Gasteiger charge is -2.19. The molecule has 4 aromatic rings. The van der Waals surface area contributed by atoms with Gasteiger partial charge in [0.05, 0.1) is 15.5 Å². The first-order valence-corrected chi connectivity index (χ1v) is 13.4. The molecule has 0 unspecified atom stereocenters. The number of carbonyl (C=O) groups excluding carboxylic acids is 1. The van der Waals surface area contributed by atoms with Gasteiger partial charge in [-0.3, -0.25) is 10.1 Å². The van der Waals surface area contributed by atoms with Gasteiger partial charge in [0.25, 0.3) is 5.91 Å². The van der Waals surface area contributed by atoms with Gasteiger partial charge in [0, 0.05) is 24.2 Å². The molecule has 1 heterocycles. The fourth-order valence-corrected chi connectivity index (χ4v) is 5.98. The zero-order valence-corrected chi connectivity index (χ0v) is 21.1. The van der Waals surface area contributed by atoms with Gasteiger partial charge in [-0.1, -0.05) is 84.2 Å². The van der Waals surface area contributed by atoms with E-state index in [4.69, 9.17) is 4.98 Å². The molecule has 3 aromatic carbocycles. The Hall–Kier alpha value is -3.85. The lowest BCUT2D eigenvalue weighted by Crippen LogP contribution is -2.31. The van der Waals surface area contributed by atoms with Gasteiger partial charge in [-0.05, 0) is 29.8 Å². The van der Waals surface area contributed by atoms with Crippen molar-refractivity contribution in [3.63, 3.8) is 0 Å². The summed E-state index contributed by atoms with van der Waals surface area (Å²) in [4.78, 5) is 18.7. The lowest BCUT2D eigenvalue weighted by molar-refractivity contribution is 0.102. The maximum Gasteiger partial charge on any atom is 0.257 e. The maximum absolute atomic E-state index is 13.0. The van der Waals surface area contributed by atoms with Crippen molar-refractivity contribution in [3.8, 4) is 21.7 Å². The molecule has 1 aromatic heterocycles. The standard InChI is InChI=1S/C28H25N3O3S2/c1-3-19-31(20-4-2)36(33,34)24-17-15-23(16-18-24)27(32)30-28-29-25(21-11-7-5-8-12-21)26(35-28)22-13-9-6-10-14-22/h3-18H,1-2,19-20H2,(H,29,30,32). The molecule has 0 fully saturated rings. The van der Waals surface area contributed by atoms with Crippen molar-refractivity contribution in [1.29, 1.82) is 0 Å². The number of sulfonamides is 1. The van der Waals surface area contributed by atoms with Crippen LogP contribution >= 0.6 is 11.3 Å². The van der Waals surface area contributed by atoms with Gasteiger partial charge in [0.2, 0.25) is 10.0 Å². The number of benzene rings is 3. The summed E-state index contributed by atoms with van der Waals surface area (Å²) in [6, 6.07) is 25.5. The highest BCUT2D eigenvalue weighted by Gasteiger charge is 2.23. The van der Waals surface area contributed by atoms with Crippen molar-refractivity contribution >= 4 is 32.4 Å². The summed E-state index contributed by atoms with van der Waals surface area (Å²) in [5, 5.41) is 3.32. The van der Waals surface area contributed by atoms with Crippen LogP contribution in [0.4, 0.5) is 5.13 Å². The molecule has 6 nitrogen and oxygen atoms in total. The number of aromatic nitrogens is 1. The zero-order chi connectivity index (χ0) is 25.5. The van der Waals surface area contributed by atoms with Crippen molar-refractivity contribution in [2.75, 3.05) is 18.4 Å². The molecule has 36 heavy (non-hydrogen) atoms. The van der Waals surface area contributed by atoms with Gasteiger partial charge in [-0.15, -0.1) is 13.2 Å². The number of hydrogen-bond acceptors (Lipinski definition) is 5. The minimum absolute atomic E-state index is 0.0923. The molecule has 0 aliphatic heterocycles. The molecular formula is C28H25N3O3S2.